The number of hydrogen-bond donors (Lipinski definition) is 0. The van der Waals surface area contributed by atoms with Crippen LogP contribution in [0.2, 0.25) is 0 Å². The Balaban J connectivity index is -0.00000000750. The summed E-state index contributed by atoms with van der Waals surface area (Å²) in [5.41, 5.74) is 0. The van der Waals surface area contributed by atoms with E-state index >= 15 is 0 Å². The Morgan fingerprint density at radius 1 is 0.625 bits per heavy atom. The van der Waals surface area contributed by atoms with Gasteiger partial charge in [-0.25, -0.2) is 0 Å². The Hall–Kier alpha value is 2.68. The monoisotopic (exact) mass is 646 g/mol. The normalized spacial score (nSPS) is 5.62. The third kappa shape index (κ3) is 71.3. The van der Waals surface area contributed by atoms with E-state index in [9.17, 15) is 0 Å². The van der Waals surface area contributed by atoms with Gasteiger partial charge in [0.15, 0.2) is 0 Å². The molecule has 0 unspecified atom stereocenters. The van der Waals surface area contributed by atoms with Crippen molar-refractivity contribution in [1.82, 2.24) is 0 Å². The fourth-order valence-electron chi connectivity index (χ4n) is 0. The molecule has 0 aliphatic heterocycles. The molecule has 0 fully saturated rings. The molecule has 0 aliphatic rings. The summed E-state index contributed by atoms with van der Waals surface area (Å²) in [7, 11) is 0. The molecule has 0 saturated heterocycles. The van der Waals surface area contributed by atoms with Gasteiger partial charge in [-0.3, -0.25) is 0 Å². The summed E-state index contributed by atoms with van der Waals surface area (Å²) in [4.78, 5) is 0. The molecule has 62 valence electrons. The quantitative estimate of drug-likeness (QED) is 0.311. The van der Waals surface area contributed by atoms with Gasteiger partial charge in [-0.05, 0) is 0 Å². The molecule has 0 aromatic rings. The van der Waals surface area contributed by atoms with Crippen LogP contribution in [0.15, 0.2) is 0 Å². The van der Waals surface area contributed by atoms with Crippen LogP contribution in [-0.4, -0.2) is 21.9 Å². The molecule has 0 aliphatic carbocycles. The van der Waals surface area contributed by atoms with E-state index in [0.29, 0.717) is 0 Å². The van der Waals surface area contributed by atoms with E-state index < -0.39 is 5.75 Å². The molecule has 0 atom stereocenters. The molecule has 8 heavy (non-hydrogen) atoms. The van der Waals surface area contributed by atoms with Crippen LogP contribution in [0.3, 0.4) is 0 Å². The van der Waals surface area contributed by atoms with Crippen LogP contribution in [0.5, 0.6) is 0 Å². The van der Waals surface area contributed by atoms with Crippen molar-refractivity contribution in [1.29, 1.82) is 0 Å². The first kappa shape index (κ1) is 31.0. The Bertz CT molecular complexity index is 16.0. The first-order chi connectivity index (χ1) is 1.73. The topological polar surface area (TPSA) is 126 Å². The second-order valence-corrected chi connectivity index (χ2v) is 52.6. The maximum atomic E-state index is 2.48. The Morgan fingerprint density at radius 3 is 0.625 bits per heavy atom. The van der Waals surface area contributed by atoms with Crippen LogP contribution in [-0.2, 0) is 5.75 Å². The molecule has 0 spiro atoms. The van der Waals surface area contributed by atoms with Gasteiger partial charge in [0.1, 0.15) is 0 Å². The molecule has 0 heterocycles. The molecule has 0 rings (SSSR count). The van der Waals surface area contributed by atoms with Gasteiger partial charge in [0.2, 0.25) is 0 Å². The van der Waals surface area contributed by atoms with Crippen molar-refractivity contribution in [2.24, 2.45) is 0 Å². The molecule has 0 aromatic heterocycles. The predicted octanol–water partition coefficient (Wildman–Crippen LogP) is -0.644. The maximum absolute atomic E-state index is 2.48. The van der Waals surface area contributed by atoms with Crippen molar-refractivity contribution in [2.45, 2.75) is 0 Å². The fourth-order valence-corrected chi connectivity index (χ4v) is 0. The molecule has 8 heteroatoms. The van der Waals surface area contributed by atoms with E-state index in [1.165, 1.54) is 0 Å². The van der Waals surface area contributed by atoms with E-state index in [4.69, 9.17) is 0 Å². The van der Waals surface area contributed by atoms with Crippen LogP contribution in [0.25, 0.3) is 0 Å². The predicted molar refractivity (Wildman–Crippen MR) is 56.5 cm³/mol. The zero-order valence-corrected chi connectivity index (χ0v) is 12.3. The van der Waals surface area contributed by atoms with E-state index in [1.807, 2.05) is 0 Å². The van der Waals surface area contributed by atoms with Crippen LogP contribution in [0.4, 0.5) is 0 Å². The molecule has 0 aromatic carbocycles. The molecule has 0 amide bonds. The Morgan fingerprint density at radius 2 is 0.625 bits per heavy atom. The van der Waals surface area contributed by atoms with Crippen molar-refractivity contribution in [3.63, 3.8) is 0 Å². The van der Waals surface area contributed by atoms with Gasteiger partial charge in [0.05, 0.1) is 0 Å². The minimum absolute atomic E-state index is 0. The summed E-state index contributed by atoms with van der Waals surface area (Å²) in [6.45, 7) is 0. The van der Waals surface area contributed by atoms with E-state index in [2.05, 4.69) is 58.8 Å². The SMILES string of the molecule is O.O.O.O.[I][Ir]([I])[I]. The summed E-state index contributed by atoms with van der Waals surface area (Å²) in [6.07, 6.45) is 0. The van der Waals surface area contributed by atoms with E-state index in [0.717, 1.165) is 0 Å². The first-order valence-electron chi connectivity index (χ1n) is 0.378. The Labute approximate surface area is 84.7 Å². The number of hydrogen-bond acceptors (Lipinski definition) is 0. The van der Waals surface area contributed by atoms with Crippen molar-refractivity contribution < 1.29 is 27.6 Å². The number of rotatable bonds is 0. The van der Waals surface area contributed by atoms with Gasteiger partial charge >= 0.3 is 64.5 Å². The zero-order valence-electron chi connectivity index (χ0n) is 3.47. The summed E-state index contributed by atoms with van der Waals surface area (Å²) in [5, 5.41) is 0. The van der Waals surface area contributed by atoms with Crippen LogP contribution in [0, 0.1) is 0 Å². The second kappa shape index (κ2) is 22.6. The molecule has 0 bridgehead atoms. The Kier molecular flexibility index (Phi) is 87.7. The summed E-state index contributed by atoms with van der Waals surface area (Å²) >= 11 is 7.45. The van der Waals surface area contributed by atoms with Crippen LogP contribution in [0.1, 0.15) is 0 Å². The van der Waals surface area contributed by atoms with Gasteiger partial charge in [-0.15, -0.1) is 0 Å². The van der Waals surface area contributed by atoms with Crippen molar-refractivity contribution in [3.8, 4) is 0 Å². The molecular weight excluding hydrogens is 637 g/mol. The van der Waals surface area contributed by atoms with E-state index in [-0.39, 0.29) is 21.9 Å². The average Bonchev–Trinajstić information content (AvgIpc) is 0.811. The number of halogens is 3. The summed E-state index contributed by atoms with van der Waals surface area (Å²) < 4.78 is 0. The third-order valence-electron chi connectivity index (χ3n) is 0. The molecule has 8 N–H and O–H groups in total. The summed E-state index contributed by atoms with van der Waals surface area (Å²) in [6, 6.07) is 0. The third-order valence-corrected chi connectivity index (χ3v) is 0. The average molecular weight is 645 g/mol. The van der Waals surface area contributed by atoms with Gasteiger partial charge in [0, 0.05) is 0 Å². The van der Waals surface area contributed by atoms with E-state index in [1.54, 1.807) is 0 Å². The molecular formula is H8I3IrO4. The van der Waals surface area contributed by atoms with Gasteiger partial charge in [-0.2, -0.15) is 0 Å². The van der Waals surface area contributed by atoms with Crippen molar-refractivity contribution in [2.75, 3.05) is 0 Å². The van der Waals surface area contributed by atoms with Crippen molar-refractivity contribution in [3.05, 3.63) is 0 Å². The standard InChI is InChI=1S/3HI.Ir.4H2O/h3*1H;;4*1H2/q;;;+3;;;;/p-3. The first-order valence-corrected chi connectivity index (χ1v) is 20.8. The van der Waals surface area contributed by atoms with Crippen molar-refractivity contribution >= 4 is 58.8 Å². The molecule has 4 nitrogen and oxygen atoms in total. The second-order valence-electron chi connectivity index (χ2n) is 0.143. The van der Waals surface area contributed by atoms with Gasteiger partial charge in [-0.1, -0.05) is 0 Å². The fraction of sp³-hybridized carbons (Fsp3) is 0. The van der Waals surface area contributed by atoms with Crippen LogP contribution >= 0.6 is 58.8 Å². The minimum atomic E-state index is -0.423. The van der Waals surface area contributed by atoms with Gasteiger partial charge < -0.3 is 21.9 Å². The molecule has 0 saturated carbocycles. The zero-order chi connectivity index (χ0) is 3.58. The van der Waals surface area contributed by atoms with Gasteiger partial charge in [0.25, 0.3) is 0 Å². The summed E-state index contributed by atoms with van der Waals surface area (Å²) in [5.74, 6) is -0.423. The van der Waals surface area contributed by atoms with Crippen LogP contribution < -0.4 is 0 Å². The molecule has 0 radical (unpaired) electrons.